The molecule has 0 radical (unpaired) electrons. The standard InChI is InChI=1S/C22H20Cl2N4O3/c1-12-5-6-14(9-13(12)2)11-28-19-18(26(3)22(30)27(4)21(19)29)20(25-28)31-17-10-15(23)7-8-16(17)24/h5-10H,11H2,1-4H3. The lowest BCUT2D eigenvalue weighted by Crippen LogP contribution is -2.37. The molecule has 7 nitrogen and oxygen atoms in total. The summed E-state index contributed by atoms with van der Waals surface area (Å²) in [7, 11) is 3.00. The molecule has 160 valence electrons. The molecular weight excluding hydrogens is 439 g/mol. The molecule has 0 atom stereocenters. The lowest BCUT2D eigenvalue weighted by molar-refractivity contribution is 0.453. The minimum absolute atomic E-state index is 0.0975. The molecule has 4 rings (SSSR count). The van der Waals surface area contributed by atoms with Crippen LogP contribution in [-0.2, 0) is 20.6 Å². The Labute approximate surface area is 188 Å². The lowest BCUT2D eigenvalue weighted by atomic mass is 10.1. The third-order valence-corrected chi connectivity index (χ3v) is 5.86. The summed E-state index contributed by atoms with van der Waals surface area (Å²) in [5.41, 5.74) is 2.88. The summed E-state index contributed by atoms with van der Waals surface area (Å²) >= 11 is 12.3. The van der Waals surface area contributed by atoms with Crippen molar-refractivity contribution in [3.8, 4) is 11.6 Å². The first-order valence-electron chi connectivity index (χ1n) is 9.53. The Morgan fingerprint density at radius 3 is 2.39 bits per heavy atom. The minimum Gasteiger partial charge on any atom is -0.434 e. The van der Waals surface area contributed by atoms with Crippen LogP contribution in [0.1, 0.15) is 16.7 Å². The fourth-order valence-electron chi connectivity index (χ4n) is 3.43. The summed E-state index contributed by atoms with van der Waals surface area (Å²) in [5.74, 6) is 0.375. The first-order valence-corrected chi connectivity index (χ1v) is 10.3. The molecular formula is C22H20Cl2N4O3. The second-order valence-electron chi connectivity index (χ2n) is 7.46. The van der Waals surface area contributed by atoms with Crippen molar-refractivity contribution in [2.24, 2.45) is 14.1 Å². The van der Waals surface area contributed by atoms with Crippen LogP contribution < -0.4 is 16.0 Å². The Morgan fingerprint density at radius 1 is 0.935 bits per heavy atom. The third-order valence-electron chi connectivity index (χ3n) is 5.32. The van der Waals surface area contributed by atoms with Crippen LogP contribution in [0.15, 0.2) is 46.0 Å². The molecule has 0 amide bonds. The van der Waals surface area contributed by atoms with E-state index in [1.54, 1.807) is 29.9 Å². The monoisotopic (exact) mass is 458 g/mol. The van der Waals surface area contributed by atoms with E-state index in [9.17, 15) is 9.59 Å². The number of aromatic nitrogens is 4. The van der Waals surface area contributed by atoms with Crippen molar-refractivity contribution < 1.29 is 4.74 Å². The van der Waals surface area contributed by atoms with E-state index in [0.29, 0.717) is 16.6 Å². The predicted octanol–water partition coefficient (Wildman–Crippen LogP) is 4.20. The maximum atomic E-state index is 13.0. The Bertz CT molecular complexity index is 1450. The van der Waals surface area contributed by atoms with Crippen molar-refractivity contribution >= 4 is 34.2 Å². The van der Waals surface area contributed by atoms with Gasteiger partial charge in [0.25, 0.3) is 11.4 Å². The smallest absolute Gasteiger partial charge is 0.331 e. The Morgan fingerprint density at radius 2 is 1.68 bits per heavy atom. The van der Waals surface area contributed by atoms with Gasteiger partial charge >= 0.3 is 5.69 Å². The average molecular weight is 459 g/mol. The van der Waals surface area contributed by atoms with Gasteiger partial charge in [0, 0.05) is 25.2 Å². The van der Waals surface area contributed by atoms with Crippen LogP contribution in [0, 0.1) is 13.8 Å². The third kappa shape index (κ3) is 3.75. The fourth-order valence-corrected chi connectivity index (χ4v) is 3.75. The Hall–Kier alpha value is -3.03. The quantitative estimate of drug-likeness (QED) is 0.459. The summed E-state index contributed by atoms with van der Waals surface area (Å²) < 4.78 is 9.88. The summed E-state index contributed by atoms with van der Waals surface area (Å²) in [6.07, 6.45) is 0. The number of halogens is 2. The van der Waals surface area contributed by atoms with Crippen LogP contribution in [0.2, 0.25) is 10.0 Å². The van der Waals surface area contributed by atoms with E-state index in [0.717, 1.165) is 15.7 Å². The summed E-state index contributed by atoms with van der Waals surface area (Å²) in [6.45, 7) is 4.39. The van der Waals surface area contributed by atoms with Crippen LogP contribution in [0.5, 0.6) is 11.6 Å². The van der Waals surface area contributed by atoms with Crippen LogP contribution in [0.25, 0.3) is 11.0 Å². The SMILES string of the molecule is Cc1ccc(Cn2nc(Oc3cc(Cl)ccc3Cl)c3c2c(=O)n(C)c(=O)n3C)cc1C. The van der Waals surface area contributed by atoms with E-state index < -0.39 is 11.2 Å². The largest absolute Gasteiger partial charge is 0.434 e. The molecule has 2 aromatic carbocycles. The summed E-state index contributed by atoms with van der Waals surface area (Å²) in [5, 5.41) is 5.29. The van der Waals surface area contributed by atoms with Gasteiger partial charge in [0.15, 0.2) is 5.52 Å². The van der Waals surface area contributed by atoms with Gasteiger partial charge in [0.1, 0.15) is 11.3 Å². The molecule has 0 aliphatic rings. The highest BCUT2D eigenvalue weighted by atomic mass is 35.5. The minimum atomic E-state index is -0.481. The number of rotatable bonds is 4. The lowest BCUT2D eigenvalue weighted by Gasteiger charge is -2.08. The van der Waals surface area contributed by atoms with E-state index in [-0.39, 0.29) is 22.7 Å². The zero-order valence-corrected chi connectivity index (χ0v) is 19.0. The van der Waals surface area contributed by atoms with E-state index in [1.165, 1.54) is 17.2 Å². The van der Waals surface area contributed by atoms with Gasteiger partial charge < -0.3 is 4.74 Å². The maximum Gasteiger partial charge on any atom is 0.331 e. The van der Waals surface area contributed by atoms with Gasteiger partial charge in [-0.15, -0.1) is 5.10 Å². The first-order chi connectivity index (χ1) is 14.7. The van der Waals surface area contributed by atoms with Crippen molar-refractivity contribution in [1.29, 1.82) is 0 Å². The molecule has 9 heteroatoms. The molecule has 0 N–H and O–H groups in total. The molecule has 0 saturated carbocycles. The van der Waals surface area contributed by atoms with Gasteiger partial charge in [-0.05, 0) is 42.7 Å². The van der Waals surface area contributed by atoms with Crippen molar-refractivity contribution in [2.75, 3.05) is 0 Å². The summed E-state index contributed by atoms with van der Waals surface area (Å²) in [4.78, 5) is 25.6. The van der Waals surface area contributed by atoms with Gasteiger partial charge in [-0.3, -0.25) is 13.9 Å². The molecule has 0 aliphatic heterocycles. The van der Waals surface area contributed by atoms with Crippen LogP contribution in [-0.4, -0.2) is 18.9 Å². The predicted molar refractivity (Wildman–Crippen MR) is 122 cm³/mol. The maximum absolute atomic E-state index is 13.0. The molecule has 2 aromatic heterocycles. The number of nitrogens with zero attached hydrogens (tertiary/aromatic N) is 4. The van der Waals surface area contributed by atoms with Crippen LogP contribution >= 0.6 is 23.2 Å². The zero-order chi connectivity index (χ0) is 22.4. The second-order valence-corrected chi connectivity index (χ2v) is 8.30. The highest BCUT2D eigenvalue weighted by Gasteiger charge is 2.22. The van der Waals surface area contributed by atoms with Crippen LogP contribution in [0.3, 0.4) is 0 Å². The normalized spacial score (nSPS) is 11.3. The topological polar surface area (TPSA) is 71.1 Å². The van der Waals surface area contributed by atoms with E-state index in [1.807, 2.05) is 32.0 Å². The van der Waals surface area contributed by atoms with Crippen molar-refractivity contribution in [2.45, 2.75) is 20.4 Å². The van der Waals surface area contributed by atoms with Gasteiger partial charge in [0.05, 0.1) is 11.6 Å². The van der Waals surface area contributed by atoms with Gasteiger partial charge in [-0.2, -0.15) is 0 Å². The molecule has 0 bridgehead atoms. The van der Waals surface area contributed by atoms with Crippen molar-refractivity contribution in [3.05, 3.63) is 84.0 Å². The van der Waals surface area contributed by atoms with Crippen molar-refractivity contribution in [1.82, 2.24) is 18.9 Å². The molecule has 2 heterocycles. The molecule has 4 aromatic rings. The molecule has 0 fully saturated rings. The van der Waals surface area contributed by atoms with E-state index in [4.69, 9.17) is 27.9 Å². The zero-order valence-electron chi connectivity index (χ0n) is 17.4. The number of hydrogen-bond donors (Lipinski definition) is 0. The molecule has 0 spiro atoms. The highest BCUT2D eigenvalue weighted by Crippen LogP contribution is 2.34. The molecule has 0 aliphatic carbocycles. The fraction of sp³-hybridized carbons (Fsp3) is 0.227. The summed E-state index contributed by atoms with van der Waals surface area (Å²) in [6, 6.07) is 10.8. The molecule has 0 unspecified atom stereocenters. The molecule has 0 saturated heterocycles. The van der Waals surface area contributed by atoms with Crippen molar-refractivity contribution in [3.63, 3.8) is 0 Å². The van der Waals surface area contributed by atoms with Gasteiger partial charge in [-0.1, -0.05) is 41.4 Å². The highest BCUT2D eigenvalue weighted by molar-refractivity contribution is 6.34. The number of benzene rings is 2. The number of ether oxygens (including phenoxy) is 1. The van der Waals surface area contributed by atoms with E-state index in [2.05, 4.69) is 5.10 Å². The van der Waals surface area contributed by atoms with Crippen LogP contribution in [0.4, 0.5) is 0 Å². The van der Waals surface area contributed by atoms with Gasteiger partial charge in [0.2, 0.25) is 0 Å². The first kappa shape index (κ1) is 21.2. The molecule has 31 heavy (non-hydrogen) atoms. The average Bonchev–Trinajstić information content (AvgIpc) is 3.08. The van der Waals surface area contributed by atoms with Gasteiger partial charge in [-0.25, -0.2) is 9.48 Å². The second kappa shape index (κ2) is 7.90. The van der Waals surface area contributed by atoms with E-state index >= 15 is 0 Å². The number of aryl methyl sites for hydroxylation is 3. The Balaban J connectivity index is 1.94. The Kier molecular flexibility index (Phi) is 5.41. The number of hydrogen-bond acceptors (Lipinski definition) is 4. The number of fused-ring (bicyclic) bond motifs is 1.